The molecule has 18 heavy (non-hydrogen) atoms. The fourth-order valence-corrected chi connectivity index (χ4v) is 2.37. The van der Waals surface area contributed by atoms with Gasteiger partial charge in [0.1, 0.15) is 11.5 Å². The van der Waals surface area contributed by atoms with E-state index in [9.17, 15) is 0 Å². The van der Waals surface area contributed by atoms with Crippen molar-refractivity contribution in [3.63, 3.8) is 0 Å². The van der Waals surface area contributed by atoms with Crippen LogP contribution in [0.5, 0.6) is 0 Å². The molecule has 0 atom stereocenters. The van der Waals surface area contributed by atoms with Crippen LogP contribution >= 0.6 is 22.6 Å². The lowest BCUT2D eigenvalue weighted by molar-refractivity contribution is 0.542. The van der Waals surface area contributed by atoms with Gasteiger partial charge in [-0.25, -0.2) is 4.68 Å². The van der Waals surface area contributed by atoms with Crippen LogP contribution < -0.4 is 5.73 Å². The van der Waals surface area contributed by atoms with E-state index in [0.29, 0.717) is 11.4 Å². The molecule has 0 saturated carbocycles. The predicted octanol–water partition coefficient (Wildman–Crippen LogP) is 3.19. The third-order valence-corrected chi connectivity index (χ3v) is 3.73. The quantitative estimate of drug-likeness (QED) is 0.844. The van der Waals surface area contributed by atoms with Crippen molar-refractivity contribution in [3.8, 4) is 17.3 Å². The van der Waals surface area contributed by atoms with E-state index in [4.69, 9.17) is 11.0 Å². The summed E-state index contributed by atoms with van der Waals surface area (Å²) in [6, 6.07) is 9.70. The number of aromatic nitrogens is 2. The minimum absolute atomic E-state index is 0.227. The maximum absolute atomic E-state index is 8.78. The van der Waals surface area contributed by atoms with E-state index in [1.54, 1.807) is 12.1 Å². The Bertz CT molecular complexity index is 605. The predicted molar refractivity (Wildman–Crippen MR) is 79.9 cm³/mol. The first-order chi connectivity index (χ1) is 8.54. The van der Waals surface area contributed by atoms with Crippen molar-refractivity contribution in [2.24, 2.45) is 0 Å². The van der Waals surface area contributed by atoms with Crippen LogP contribution in [0.25, 0.3) is 11.3 Å². The first-order valence-corrected chi connectivity index (χ1v) is 6.66. The van der Waals surface area contributed by atoms with Gasteiger partial charge in [-0.1, -0.05) is 12.1 Å². The number of rotatable bonds is 2. The van der Waals surface area contributed by atoms with Crippen molar-refractivity contribution in [2.45, 2.75) is 19.9 Å². The van der Waals surface area contributed by atoms with E-state index in [1.165, 1.54) is 0 Å². The molecule has 2 aromatic rings. The first-order valence-electron chi connectivity index (χ1n) is 5.58. The fraction of sp³-hybridized carbons (Fsp3) is 0.231. The van der Waals surface area contributed by atoms with Crippen LogP contribution in [-0.4, -0.2) is 9.78 Å². The average Bonchev–Trinajstić information content (AvgIpc) is 2.67. The molecule has 0 unspecified atom stereocenters. The van der Waals surface area contributed by atoms with E-state index in [2.05, 4.69) is 33.8 Å². The molecule has 0 spiro atoms. The Labute approximate surface area is 120 Å². The molecule has 5 heteroatoms. The molecule has 0 aliphatic carbocycles. The number of benzene rings is 1. The lowest BCUT2D eigenvalue weighted by Crippen LogP contribution is -2.07. The van der Waals surface area contributed by atoms with Gasteiger partial charge in [0.15, 0.2) is 0 Å². The fourth-order valence-electron chi connectivity index (χ4n) is 1.71. The average molecular weight is 352 g/mol. The highest BCUT2D eigenvalue weighted by atomic mass is 127. The Kier molecular flexibility index (Phi) is 3.57. The highest BCUT2D eigenvalue weighted by molar-refractivity contribution is 14.1. The Hall–Kier alpha value is -1.55. The van der Waals surface area contributed by atoms with Gasteiger partial charge in [0, 0.05) is 11.6 Å². The summed E-state index contributed by atoms with van der Waals surface area (Å²) in [5.41, 5.74) is 8.53. The molecule has 0 amide bonds. The molecule has 1 heterocycles. The normalized spacial score (nSPS) is 10.6. The molecule has 0 aliphatic heterocycles. The molecular weight excluding hydrogens is 339 g/mol. The van der Waals surface area contributed by atoms with Crippen LogP contribution in [0.4, 0.5) is 5.82 Å². The molecule has 0 bridgehead atoms. The number of nitriles is 1. The SMILES string of the molecule is CC(C)n1nc(-c2ccc(C#N)cc2)c(I)c1N. The van der Waals surface area contributed by atoms with Crippen molar-refractivity contribution >= 4 is 28.4 Å². The van der Waals surface area contributed by atoms with E-state index in [0.717, 1.165) is 14.8 Å². The number of hydrogen-bond donors (Lipinski definition) is 1. The van der Waals surface area contributed by atoms with Crippen molar-refractivity contribution in [1.29, 1.82) is 5.26 Å². The van der Waals surface area contributed by atoms with E-state index in [1.807, 2.05) is 30.7 Å². The molecule has 1 aromatic carbocycles. The third kappa shape index (κ3) is 2.20. The number of nitrogen functional groups attached to an aromatic ring is 1. The summed E-state index contributed by atoms with van der Waals surface area (Å²) in [5.74, 6) is 0.685. The lowest BCUT2D eigenvalue weighted by atomic mass is 10.1. The summed E-state index contributed by atoms with van der Waals surface area (Å²) in [6.45, 7) is 4.09. The molecule has 2 rings (SSSR count). The Balaban J connectivity index is 2.51. The highest BCUT2D eigenvalue weighted by Crippen LogP contribution is 2.30. The largest absolute Gasteiger partial charge is 0.383 e. The van der Waals surface area contributed by atoms with Gasteiger partial charge < -0.3 is 5.73 Å². The van der Waals surface area contributed by atoms with Gasteiger partial charge in [-0.05, 0) is 48.6 Å². The van der Waals surface area contributed by atoms with E-state index in [-0.39, 0.29) is 6.04 Å². The van der Waals surface area contributed by atoms with Gasteiger partial charge in [-0.3, -0.25) is 0 Å². The zero-order valence-electron chi connectivity index (χ0n) is 10.2. The van der Waals surface area contributed by atoms with Crippen LogP contribution in [0.15, 0.2) is 24.3 Å². The molecule has 0 saturated heterocycles. The topological polar surface area (TPSA) is 67.6 Å². The van der Waals surface area contributed by atoms with Crippen molar-refractivity contribution < 1.29 is 0 Å². The Morgan fingerprint density at radius 3 is 2.39 bits per heavy atom. The van der Waals surface area contributed by atoms with Gasteiger partial charge in [-0.2, -0.15) is 10.4 Å². The zero-order chi connectivity index (χ0) is 13.3. The van der Waals surface area contributed by atoms with Gasteiger partial charge in [-0.15, -0.1) is 0 Å². The minimum atomic E-state index is 0.227. The summed E-state index contributed by atoms with van der Waals surface area (Å²) in [6.07, 6.45) is 0. The van der Waals surface area contributed by atoms with Crippen LogP contribution in [0.1, 0.15) is 25.5 Å². The second-order valence-electron chi connectivity index (χ2n) is 4.28. The number of nitrogens with two attached hydrogens (primary N) is 1. The van der Waals surface area contributed by atoms with Crippen molar-refractivity contribution in [1.82, 2.24) is 9.78 Å². The molecule has 2 N–H and O–H groups in total. The molecule has 4 nitrogen and oxygen atoms in total. The third-order valence-electron chi connectivity index (χ3n) is 2.66. The highest BCUT2D eigenvalue weighted by Gasteiger charge is 2.16. The number of halogens is 1. The molecule has 0 radical (unpaired) electrons. The number of anilines is 1. The molecule has 92 valence electrons. The summed E-state index contributed by atoms with van der Waals surface area (Å²) in [4.78, 5) is 0. The second kappa shape index (κ2) is 4.98. The minimum Gasteiger partial charge on any atom is -0.383 e. The summed E-state index contributed by atoms with van der Waals surface area (Å²) in [7, 11) is 0. The van der Waals surface area contributed by atoms with Crippen molar-refractivity contribution in [2.75, 3.05) is 5.73 Å². The summed E-state index contributed by atoms with van der Waals surface area (Å²) in [5, 5.41) is 13.3. The van der Waals surface area contributed by atoms with Crippen LogP contribution in [-0.2, 0) is 0 Å². The van der Waals surface area contributed by atoms with Crippen LogP contribution in [0.2, 0.25) is 0 Å². The lowest BCUT2D eigenvalue weighted by Gasteiger charge is -2.06. The smallest absolute Gasteiger partial charge is 0.136 e. The van der Waals surface area contributed by atoms with Gasteiger partial charge in [0.2, 0.25) is 0 Å². The zero-order valence-corrected chi connectivity index (χ0v) is 12.3. The molecule has 0 fully saturated rings. The molecule has 0 aliphatic rings. The number of hydrogen-bond acceptors (Lipinski definition) is 3. The van der Waals surface area contributed by atoms with Crippen LogP contribution in [0.3, 0.4) is 0 Å². The Morgan fingerprint density at radius 2 is 1.94 bits per heavy atom. The Morgan fingerprint density at radius 1 is 1.33 bits per heavy atom. The maximum Gasteiger partial charge on any atom is 0.136 e. The summed E-state index contributed by atoms with van der Waals surface area (Å²) >= 11 is 2.21. The number of nitrogens with zero attached hydrogens (tertiary/aromatic N) is 3. The van der Waals surface area contributed by atoms with E-state index < -0.39 is 0 Å². The van der Waals surface area contributed by atoms with Crippen LogP contribution in [0, 0.1) is 14.9 Å². The first kappa shape index (κ1) is 12.9. The maximum atomic E-state index is 8.78. The standard InChI is InChI=1S/C13H13IN4/c1-8(2)18-13(16)11(14)12(17-18)10-5-3-9(7-15)4-6-10/h3-6,8H,16H2,1-2H3. The van der Waals surface area contributed by atoms with Crippen molar-refractivity contribution in [3.05, 3.63) is 33.4 Å². The summed E-state index contributed by atoms with van der Waals surface area (Å²) < 4.78 is 2.76. The monoisotopic (exact) mass is 352 g/mol. The molecular formula is C13H13IN4. The molecule has 1 aromatic heterocycles. The van der Waals surface area contributed by atoms with E-state index >= 15 is 0 Å². The van der Waals surface area contributed by atoms with Gasteiger partial charge in [0.25, 0.3) is 0 Å². The van der Waals surface area contributed by atoms with Gasteiger partial charge >= 0.3 is 0 Å². The second-order valence-corrected chi connectivity index (χ2v) is 5.35. The van der Waals surface area contributed by atoms with Gasteiger partial charge in [0.05, 0.1) is 15.2 Å².